The van der Waals surface area contributed by atoms with E-state index in [4.69, 9.17) is 0 Å². The Morgan fingerprint density at radius 3 is 3.00 bits per heavy atom. The lowest BCUT2D eigenvalue weighted by Gasteiger charge is -2.21. The predicted octanol–water partition coefficient (Wildman–Crippen LogP) is 3.57. The van der Waals surface area contributed by atoms with Gasteiger partial charge < -0.3 is 5.32 Å². The summed E-state index contributed by atoms with van der Waals surface area (Å²) in [4.78, 5) is 25.1. The van der Waals surface area contributed by atoms with Gasteiger partial charge in [-0.2, -0.15) is 0 Å². The zero-order valence-electron chi connectivity index (χ0n) is 13.5. The van der Waals surface area contributed by atoms with Crippen LogP contribution in [0.25, 0.3) is 0 Å². The fraction of sp³-hybridized carbons (Fsp3) is 0.375. The van der Waals surface area contributed by atoms with Crippen molar-refractivity contribution in [1.82, 2.24) is 10.2 Å². The van der Waals surface area contributed by atoms with Gasteiger partial charge in [0.05, 0.1) is 10.9 Å². The average molecular weight is 362 g/mol. The second-order valence-electron chi connectivity index (χ2n) is 5.52. The highest BCUT2D eigenvalue weighted by Gasteiger charge is 2.24. The molecule has 0 radical (unpaired) electrons. The maximum Gasteiger partial charge on any atom is 0.257 e. The number of anilines is 2. The van der Waals surface area contributed by atoms with Gasteiger partial charge >= 0.3 is 0 Å². The van der Waals surface area contributed by atoms with Crippen LogP contribution in [0.3, 0.4) is 0 Å². The Morgan fingerprint density at radius 1 is 1.38 bits per heavy atom. The van der Waals surface area contributed by atoms with Crippen LogP contribution in [-0.4, -0.2) is 27.3 Å². The summed E-state index contributed by atoms with van der Waals surface area (Å²) in [6, 6.07) is 5.31. The van der Waals surface area contributed by atoms with E-state index in [0.29, 0.717) is 16.4 Å². The van der Waals surface area contributed by atoms with Gasteiger partial charge in [0.1, 0.15) is 5.01 Å². The molecule has 24 heavy (non-hydrogen) atoms. The minimum Gasteiger partial charge on any atom is -0.324 e. The Kier molecular flexibility index (Phi) is 5.15. The van der Waals surface area contributed by atoms with Crippen molar-refractivity contribution in [2.45, 2.75) is 43.3 Å². The van der Waals surface area contributed by atoms with E-state index in [1.807, 2.05) is 13.0 Å². The summed E-state index contributed by atoms with van der Waals surface area (Å²) in [6.45, 7) is 3.98. The Hall–Kier alpha value is -1.93. The fourth-order valence-electron chi connectivity index (χ4n) is 2.25. The number of benzene rings is 1. The van der Waals surface area contributed by atoms with Crippen molar-refractivity contribution in [1.29, 1.82) is 0 Å². The van der Waals surface area contributed by atoms with Crippen molar-refractivity contribution >= 4 is 45.7 Å². The van der Waals surface area contributed by atoms with E-state index >= 15 is 0 Å². The predicted molar refractivity (Wildman–Crippen MR) is 96.9 cm³/mol. The minimum atomic E-state index is -0.256. The van der Waals surface area contributed by atoms with Crippen molar-refractivity contribution < 1.29 is 9.59 Å². The molecule has 1 aromatic carbocycles. The quantitative estimate of drug-likeness (QED) is 0.849. The topological polar surface area (TPSA) is 84.0 Å². The van der Waals surface area contributed by atoms with Gasteiger partial charge in [0.15, 0.2) is 0 Å². The third-order valence-corrected chi connectivity index (χ3v) is 5.68. The average Bonchev–Trinajstić information content (AvgIpc) is 3.01. The molecule has 2 heterocycles. The van der Waals surface area contributed by atoms with Crippen molar-refractivity contribution in [3.05, 3.63) is 28.8 Å². The first-order valence-corrected chi connectivity index (χ1v) is 9.51. The number of nitrogens with one attached hydrogen (secondary N) is 2. The molecule has 2 aromatic rings. The van der Waals surface area contributed by atoms with Gasteiger partial charge in [-0.3, -0.25) is 14.9 Å². The Balaban J connectivity index is 1.70. The van der Waals surface area contributed by atoms with Gasteiger partial charge in [-0.1, -0.05) is 24.7 Å². The number of hydrogen-bond donors (Lipinski definition) is 2. The zero-order valence-corrected chi connectivity index (χ0v) is 15.1. The van der Waals surface area contributed by atoms with Crippen molar-refractivity contribution in [2.24, 2.45) is 0 Å². The first-order chi connectivity index (χ1) is 11.6. The third-order valence-electron chi connectivity index (χ3n) is 3.60. The van der Waals surface area contributed by atoms with Gasteiger partial charge in [0, 0.05) is 16.9 Å². The SMILES string of the molecule is CCCCc1nnc(NC(=O)c2ccc3c(c2)NC(=O)C(C)S3)s1. The third kappa shape index (κ3) is 3.76. The smallest absolute Gasteiger partial charge is 0.257 e. The molecule has 2 N–H and O–H groups in total. The molecule has 1 unspecified atom stereocenters. The molecule has 126 valence electrons. The summed E-state index contributed by atoms with van der Waals surface area (Å²) >= 11 is 2.89. The van der Waals surface area contributed by atoms with Gasteiger partial charge in [-0.25, -0.2) is 0 Å². The van der Waals surface area contributed by atoms with Crippen LogP contribution in [0.4, 0.5) is 10.8 Å². The largest absolute Gasteiger partial charge is 0.324 e. The second-order valence-corrected chi connectivity index (χ2v) is 7.96. The number of aromatic nitrogens is 2. The van der Waals surface area contributed by atoms with Crippen LogP contribution in [0, 0.1) is 0 Å². The van der Waals surface area contributed by atoms with E-state index in [-0.39, 0.29) is 17.1 Å². The lowest BCUT2D eigenvalue weighted by Crippen LogP contribution is -2.26. The molecule has 1 aliphatic rings. The first kappa shape index (κ1) is 16.9. The molecule has 0 bridgehead atoms. The molecule has 3 rings (SSSR count). The molecule has 2 amide bonds. The molecule has 8 heteroatoms. The second kappa shape index (κ2) is 7.31. The van der Waals surface area contributed by atoms with Crippen LogP contribution in [0.1, 0.15) is 42.1 Å². The molecule has 0 fully saturated rings. The lowest BCUT2D eigenvalue weighted by molar-refractivity contribution is -0.115. The number of thioether (sulfide) groups is 1. The summed E-state index contributed by atoms with van der Waals surface area (Å²) < 4.78 is 0. The lowest BCUT2D eigenvalue weighted by atomic mass is 10.2. The number of carbonyl (C=O) groups is 2. The summed E-state index contributed by atoms with van der Waals surface area (Å²) in [7, 11) is 0. The van der Waals surface area contributed by atoms with Crippen LogP contribution in [0.5, 0.6) is 0 Å². The molecule has 1 aliphatic heterocycles. The van der Waals surface area contributed by atoms with E-state index in [2.05, 4.69) is 27.8 Å². The van der Waals surface area contributed by atoms with E-state index in [0.717, 1.165) is 29.2 Å². The van der Waals surface area contributed by atoms with E-state index in [9.17, 15) is 9.59 Å². The van der Waals surface area contributed by atoms with Crippen LogP contribution < -0.4 is 10.6 Å². The molecule has 0 spiro atoms. The van der Waals surface area contributed by atoms with Crippen molar-refractivity contribution in [3.8, 4) is 0 Å². The van der Waals surface area contributed by atoms with Crippen LogP contribution in [0.15, 0.2) is 23.1 Å². The minimum absolute atomic E-state index is 0.0465. The zero-order chi connectivity index (χ0) is 17.1. The number of rotatable bonds is 5. The first-order valence-electron chi connectivity index (χ1n) is 7.82. The number of amides is 2. The van der Waals surface area contributed by atoms with E-state index in [1.54, 1.807) is 12.1 Å². The van der Waals surface area contributed by atoms with Crippen LogP contribution in [-0.2, 0) is 11.2 Å². The number of aryl methyl sites for hydroxylation is 1. The number of carbonyl (C=O) groups excluding carboxylic acids is 2. The monoisotopic (exact) mass is 362 g/mol. The normalized spacial score (nSPS) is 16.4. The highest BCUT2D eigenvalue weighted by atomic mass is 32.2. The van der Waals surface area contributed by atoms with Crippen molar-refractivity contribution in [3.63, 3.8) is 0 Å². The molecule has 0 saturated heterocycles. The Labute approximate surface area is 148 Å². The summed E-state index contributed by atoms with van der Waals surface area (Å²) in [5, 5.41) is 15.0. The van der Waals surface area contributed by atoms with Crippen molar-refractivity contribution in [2.75, 3.05) is 10.6 Å². The van der Waals surface area contributed by atoms with E-state index < -0.39 is 0 Å². The maximum absolute atomic E-state index is 12.4. The molecule has 0 aliphatic carbocycles. The number of fused-ring (bicyclic) bond motifs is 1. The molecule has 0 saturated carbocycles. The molecular formula is C16H18N4O2S2. The maximum atomic E-state index is 12.4. The molecule has 1 atom stereocenters. The number of hydrogen-bond acceptors (Lipinski definition) is 6. The highest BCUT2D eigenvalue weighted by molar-refractivity contribution is 8.00. The summed E-state index contributed by atoms with van der Waals surface area (Å²) in [5.74, 6) is -0.302. The fourth-order valence-corrected chi connectivity index (χ4v) is 3.96. The van der Waals surface area contributed by atoms with Gasteiger partial charge in [-0.05, 0) is 31.5 Å². The Morgan fingerprint density at radius 2 is 2.21 bits per heavy atom. The summed E-state index contributed by atoms with van der Waals surface area (Å²) in [6.07, 6.45) is 3.03. The van der Waals surface area contributed by atoms with Gasteiger partial charge in [0.25, 0.3) is 5.91 Å². The highest BCUT2D eigenvalue weighted by Crippen LogP contribution is 2.36. The number of unbranched alkanes of at least 4 members (excludes halogenated alkanes) is 1. The molecular weight excluding hydrogens is 344 g/mol. The van der Waals surface area contributed by atoms with E-state index in [1.165, 1.54) is 23.1 Å². The van der Waals surface area contributed by atoms with Crippen LogP contribution >= 0.6 is 23.1 Å². The molecule has 1 aromatic heterocycles. The standard InChI is InChI=1S/C16H18N4O2S2/c1-3-4-5-13-19-20-16(24-13)18-15(22)10-6-7-12-11(8-10)17-14(21)9(2)23-12/h6-9H,3-5H2,1-2H3,(H,17,21)(H,18,20,22). The summed E-state index contributed by atoms with van der Waals surface area (Å²) in [5.41, 5.74) is 1.16. The number of nitrogens with zero attached hydrogens (tertiary/aromatic N) is 2. The molecule has 6 nitrogen and oxygen atoms in total. The van der Waals surface area contributed by atoms with Gasteiger partial charge in [0.2, 0.25) is 11.0 Å². The van der Waals surface area contributed by atoms with Crippen LogP contribution in [0.2, 0.25) is 0 Å². The van der Waals surface area contributed by atoms with Gasteiger partial charge in [-0.15, -0.1) is 22.0 Å². The Bertz CT molecular complexity index is 775.